The summed E-state index contributed by atoms with van der Waals surface area (Å²) in [6, 6.07) is 0. The third kappa shape index (κ3) is 7.31. The molecule has 0 fully saturated rings. The number of aryl methyl sites for hydroxylation is 1. The summed E-state index contributed by atoms with van der Waals surface area (Å²) in [7, 11) is -8.53. The summed E-state index contributed by atoms with van der Waals surface area (Å²) in [4.78, 5) is 15.9. The summed E-state index contributed by atoms with van der Waals surface area (Å²) in [5.41, 5.74) is 0.227. The molecule has 3 heterocycles. The van der Waals surface area contributed by atoms with E-state index in [-0.39, 0.29) is 47.4 Å². The van der Waals surface area contributed by atoms with Crippen LogP contribution in [0.25, 0.3) is 5.95 Å². The van der Waals surface area contributed by atoms with E-state index in [1.807, 2.05) is 0 Å². The van der Waals surface area contributed by atoms with Gasteiger partial charge in [0.15, 0.2) is 5.69 Å². The van der Waals surface area contributed by atoms with Gasteiger partial charge in [0.2, 0.25) is 22.9 Å². The van der Waals surface area contributed by atoms with Gasteiger partial charge < -0.3 is 15.7 Å². The van der Waals surface area contributed by atoms with Gasteiger partial charge in [0.05, 0.1) is 17.2 Å². The van der Waals surface area contributed by atoms with Crippen molar-refractivity contribution in [2.75, 3.05) is 35.2 Å². The van der Waals surface area contributed by atoms with E-state index in [1.165, 1.54) is 13.3 Å². The molecule has 184 valence electrons. The van der Waals surface area contributed by atoms with Gasteiger partial charge in [0, 0.05) is 24.6 Å². The summed E-state index contributed by atoms with van der Waals surface area (Å²) >= 11 is 0.978. The Kier molecular flexibility index (Phi) is 7.61. The number of anilines is 2. The van der Waals surface area contributed by atoms with Gasteiger partial charge in [-0.15, -0.1) is 10.2 Å². The van der Waals surface area contributed by atoms with Crippen LogP contribution in [-0.2, 0) is 20.2 Å². The minimum Gasteiger partial charge on any atom is -0.492 e. The van der Waals surface area contributed by atoms with Crippen molar-refractivity contribution in [3.8, 4) is 11.8 Å². The summed E-state index contributed by atoms with van der Waals surface area (Å²) in [6.07, 6.45) is 1.28. The summed E-state index contributed by atoms with van der Waals surface area (Å²) < 4.78 is 66.2. The van der Waals surface area contributed by atoms with Crippen LogP contribution >= 0.6 is 11.5 Å². The number of hydrogen-bond acceptors (Lipinski definition) is 16. The summed E-state index contributed by atoms with van der Waals surface area (Å²) in [6.45, 7) is 0.971. The van der Waals surface area contributed by atoms with Crippen molar-refractivity contribution in [3.63, 3.8) is 0 Å². The summed E-state index contributed by atoms with van der Waals surface area (Å²) in [5.74, 6) is -2.43. The number of nitrogens with one attached hydrogen (secondary N) is 2. The minimum atomic E-state index is -4.26. The van der Waals surface area contributed by atoms with Crippen molar-refractivity contribution >= 4 is 54.5 Å². The molecule has 18 nitrogen and oxygen atoms in total. The van der Waals surface area contributed by atoms with E-state index in [4.69, 9.17) is 9.11 Å². The molecule has 0 atom stereocenters. The van der Waals surface area contributed by atoms with Crippen LogP contribution < -0.4 is 10.6 Å². The maximum atomic E-state index is 10.9. The van der Waals surface area contributed by atoms with Gasteiger partial charge >= 0.3 is 0 Å². The molecule has 0 amide bonds. The number of rotatable bonds is 11. The van der Waals surface area contributed by atoms with E-state index in [9.17, 15) is 21.9 Å². The van der Waals surface area contributed by atoms with Gasteiger partial charge in [-0.3, -0.25) is 9.11 Å². The number of azo groups is 1. The Morgan fingerprint density at radius 1 is 1.00 bits per heavy atom. The highest BCUT2D eigenvalue weighted by atomic mass is 32.2. The highest BCUT2D eigenvalue weighted by Gasteiger charge is 2.20. The third-order valence-electron chi connectivity index (χ3n) is 3.69. The van der Waals surface area contributed by atoms with E-state index in [0.29, 0.717) is 0 Å². The van der Waals surface area contributed by atoms with Crippen LogP contribution in [0.4, 0.5) is 22.7 Å². The first kappa shape index (κ1) is 25.2. The SMILES string of the molecule is Cc1nn(-c2nc(NCCS(=O)(=O)O)nc(NCCS(=O)(=O)O)n2)c(O)c1N=Nc1ncns1. The average Bonchev–Trinajstić information content (AvgIpc) is 3.32. The van der Waals surface area contributed by atoms with E-state index in [0.717, 1.165) is 16.2 Å². The van der Waals surface area contributed by atoms with Crippen molar-refractivity contribution in [2.45, 2.75) is 6.92 Å². The van der Waals surface area contributed by atoms with Crippen LogP contribution in [0, 0.1) is 6.92 Å². The Morgan fingerprint density at radius 3 is 2.09 bits per heavy atom. The number of aromatic nitrogens is 7. The monoisotopic (exact) mass is 535 g/mol. The minimum absolute atomic E-state index is 0.0163. The summed E-state index contributed by atoms with van der Waals surface area (Å²) in [5, 5.41) is 27.8. The zero-order chi connectivity index (χ0) is 24.9. The van der Waals surface area contributed by atoms with Crippen molar-refractivity contribution in [1.29, 1.82) is 0 Å². The molecule has 0 bridgehead atoms. The largest absolute Gasteiger partial charge is 0.492 e. The molecule has 3 rings (SSSR count). The van der Waals surface area contributed by atoms with E-state index < -0.39 is 37.6 Å². The molecule has 21 heteroatoms. The fraction of sp³-hybridized carbons (Fsp3) is 0.385. The van der Waals surface area contributed by atoms with Crippen molar-refractivity contribution < 1.29 is 31.0 Å². The van der Waals surface area contributed by atoms with E-state index in [2.05, 4.69) is 50.3 Å². The molecule has 0 aromatic carbocycles. The van der Waals surface area contributed by atoms with E-state index in [1.54, 1.807) is 0 Å². The quantitative estimate of drug-likeness (QED) is 0.159. The highest BCUT2D eigenvalue weighted by Crippen LogP contribution is 2.33. The van der Waals surface area contributed by atoms with Gasteiger partial charge in [-0.1, -0.05) is 0 Å². The van der Waals surface area contributed by atoms with Crippen LogP contribution in [0.3, 0.4) is 0 Å². The molecule has 3 aromatic heterocycles. The lowest BCUT2D eigenvalue weighted by Gasteiger charge is -2.10. The Bertz CT molecular complexity index is 1330. The van der Waals surface area contributed by atoms with Crippen molar-refractivity contribution in [2.24, 2.45) is 10.2 Å². The predicted octanol–water partition coefficient (Wildman–Crippen LogP) is -0.0624. The second-order valence-electron chi connectivity index (χ2n) is 6.30. The van der Waals surface area contributed by atoms with Crippen molar-refractivity contribution in [3.05, 3.63) is 12.0 Å². The lowest BCUT2D eigenvalue weighted by atomic mass is 10.4. The first-order chi connectivity index (χ1) is 15.9. The standard InChI is InChI=1S/C13H17N11O7S3/c1-7-8(21-22-13-16-6-17-32-13)9(25)24(23-7)12-19-10(14-2-4-33(26,27)28)18-11(20-12)15-3-5-34(29,30)31/h6,25H,2-5H2,1H3,(H,26,27,28)(H,29,30,31)(H2,14,15,18,19,20). The van der Waals surface area contributed by atoms with Crippen molar-refractivity contribution in [1.82, 2.24) is 34.1 Å². The lowest BCUT2D eigenvalue weighted by Crippen LogP contribution is -2.20. The molecular weight excluding hydrogens is 518 g/mol. The Morgan fingerprint density at radius 2 is 1.59 bits per heavy atom. The zero-order valence-electron chi connectivity index (χ0n) is 17.1. The topological polar surface area (TPSA) is 260 Å². The molecule has 0 saturated heterocycles. The zero-order valence-corrected chi connectivity index (χ0v) is 19.6. The van der Waals surface area contributed by atoms with Gasteiger partial charge in [-0.05, 0) is 6.92 Å². The van der Waals surface area contributed by atoms with Gasteiger partial charge in [-0.2, -0.15) is 45.9 Å². The van der Waals surface area contributed by atoms with Gasteiger partial charge in [0.1, 0.15) is 6.33 Å². The first-order valence-electron chi connectivity index (χ1n) is 9.03. The maximum Gasteiger partial charge on any atom is 0.266 e. The number of aromatic hydroxyl groups is 1. The van der Waals surface area contributed by atoms with Gasteiger partial charge in [0.25, 0.3) is 26.2 Å². The second kappa shape index (κ2) is 10.3. The molecule has 0 spiro atoms. The fourth-order valence-electron chi connectivity index (χ4n) is 2.27. The normalized spacial score (nSPS) is 12.3. The van der Waals surface area contributed by atoms with Gasteiger partial charge in [-0.25, -0.2) is 4.98 Å². The molecule has 5 N–H and O–H groups in total. The lowest BCUT2D eigenvalue weighted by molar-refractivity contribution is 0.431. The molecule has 0 aliphatic carbocycles. The van der Waals surface area contributed by atoms with E-state index >= 15 is 0 Å². The van der Waals surface area contributed by atoms with Crippen LogP contribution in [0.1, 0.15) is 5.69 Å². The number of nitrogens with zero attached hydrogens (tertiary/aromatic N) is 9. The smallest absolute Gasteiger partial charge is 0.266 e. The molecule has 3 aromatic rings. The van der Waals surface area contributed by atoms with Crippen LogP contribution in [0.5, 0.6) is 5.88 Å². The average molecular weight is 536 g/mol. The van der Waals surface area contributed by atoms with Crippen LogP contribution in [0.15, 0.2) is 16.6 Å². The Labute approximate surface area is 195 Å². The Balaban J connectivity index is 1.92. The molecule has 0 aliphatic heterocycles. The fourth-order valence-corrected chi connectivity index (χ4v) is 3.35. The molecule has 34 heavy (non-hydrogen) atoms. The number of hydrogen-bond donors (Lipinski definition) is 5. The molecule has 0 saturated carbocycles. The predicted molar refractivity (Wildman–Crippen MR) is 117 cm³/mol. The maximum absolute atomic E-state index is 10.9. The first-order valence-corrected chi connectivity index (χ1v) is 13.0. The third-order valence-corrected chi connectivity index (χ3v) is 5.68. The Hall–Kier alpha value is -3.40. The van der Waals surface area contributed by atoms with Crippen LogP contribution in [-0.4, -0.2) is 89.7 Å². The molecule has 0 radical (unpaired) electrons. The molecule has 0 unspecified atom stereocenters. The highest BCUT2D eigenvalue weighted by molar-refractivity contribution is 7.86. The molecular formula is C13H17N11O7S3. The molecule has 0 aliphatic rings. The second-order valence-corrected chi connectivity index (χ2v) is 10.2. The van der Waals surface area contributed by atoms with Crippen LogP contribution in [0.2, 0.25) is 0 Å².